The summed E-state index contributed by atoms with van der Waals surface area (Å²) in [5, 5.41) is 8.42. The molecule has 376 valence electrons. The lowest BCUT2D eigenvalue weighted by atomic mass is 9.92. The predicted molar refractivity (Wildman–Crippen MR) is 338 cm³/mol. The fourth-order valence-corrected chi connectivity index (χ4v) is 12.3. The predicted octanol–water partition coefficient (Wildman–Crippen LogP) is 21.0. The fraction of sp³-hybridized carbons (Fsp3) is 0. The molecule has 15 rings (SSSR count). The van der Waals surface area contributed by atoms with Crippen molar-refractivity contribution >= 4 is 88.4 Å². The SMILES string of the molecule is c1ccc(-c2c(-c3ccccc3)n(-c3ccc4ccccc4c3)c3c2cc(-c2ccc(N(c4ccc(N(c5ccccc5)c5ccccc5)cc4)c4ccc5c(c4)c4ccccc4n5-c4ccccc4)cc2)c2ccccc23)cc1. The summed E-state index contributed by atoms with van der Waals surface area (Å²) in [5.41, 5.74) is 19.3. The third-order valence-corrected chi connectivity index (χ3v) is 15.8. The van der Waals surface area contributed by atoms with Crippen LogP contribution in [0.25, 0.3) is 99.1 Å². The Balaban J connectivity index is 0.924. The maximum atomic E-state index is 2.52. The van der Waals surface area contributed by atoms with E-state index in [-0.39, 0.29) is 0 Å². The third kappa shape index (κ3) is 8.01. The first kappa shape index (κ1) is 46.6. The summed E-state index contributed by atoms with van der Waals surface area (Å²) < 4.78 is 4.90. The summed E-state index contributed by atoms with van der Waals surface area (Å²) in [6, 6.07) is 115. The highest BCUT2D eigenvalue weighted by Crippen LogP contribution is 2.49. The molecule has 2 heterocycles. The van der Waals surface area contributed by atoms with E-state index in [0.717, 1.165) is 62.1 Å². The van der Waals surface area contributed by atoms with Gasteiger partial charge in [0, 0.05) is 72.6 Å². The molecule has 13 aromatic carbocycles. The Labute approximate surface area is 465 Å². The zero-order valence-electron chi connectivity index (χ0n) is 43.8. The van der Waals surface area contributed by atoms with Crippen LogP contribution in [0.1, 0.15) is 0 Å². The van der Waals surface area contributed by atoms with E-state index in [1.54, 1.807) is 0 Å². The van der Waals surface area contributed by atoms with Crippen molar-refractivity contribution in [2.45, 2.75) is 0 Å². The average Bonchev–Trinajstić information content (AvgIpc) is 4.06. The second kappa shape index (κ2) is 19.7. The van der Waals surface area contributed by atoms with Gasteiger partial charge in [-0.1, -0.05) is 200 Å². The van der Waals surface area contributed by atoms with Gasteiger partial charge in [0.15, 0.2) is 0 Å². The van der Waals surface area contributed by atoms with Gasteiger partial charge in [0.25, 0.3) is 0 Å². The van der Waals surface area contributed by atoms with E-state index in [1.165, 1.54) is 71.1 Å². The van der Waals surface area contributed by atoms with Gasteiger partial charge in [0.2, 0.25) is 0 Å². The summed E-state index contributed by atoms with van der Waals surface area (Å²) in [6.45, 7) is 0. The Hall–Kier alpha value is -10.7. The van der Waals surface area contributed by atoms with E-state index in [2.05, 4.69) is 334 Å². The number of fused-ring (bicyclic) bond motifs is 7. The average molecular weight is 1020 g/mol. The molecule has 0 unspecified atom stereocenters. The number of anilines is 6. The van der Waals surface area contributed by atoms with Crippen LogP contribution in [-0.2, 0) is 0 Å². The third-order valence-electron chi connectivity index (χ3n) is 15.8. The quantitative estimate of drug-likeness (QED) is 0.128. The van der Waals surface area contributed by atoms with Crippen LogP contribution < -0.4 is 9.80 Å². The molecule has 0 saturated carbocycles. The molecule has 0 aliphatic heterocycles. The molecule has 0 saturated heterocycles. The Kier molecular flexibility index (Phi) is 11.5. The van der Waals surface area contributed by atoms with Crippen LogP contribution in [0.2, 0.25) is 0 Å². The van der Waals surface area contributed by atoms with Crippen LogP contribution in [-0.4, -0.2) is 9.13 Å². The molecule has 2 aromatic heterocycles. The molecule has 15 aromatic rings. The number of para-hydroxylation sites is 4. The van der Waals surface area contributed by atoms with Crippen LogP contribution in [0.3, 0.4) is 0 Å². The summed E-state index contributed by atoms with van der Waals surface area (Å²) in [6.07, 6.45) is 0. The van der Waals surface area contributed by atoms with Crippen molar-refractivity contribution in [1.29, 1.82) is 0 Å². The van der Waals surface area contributed by atoms with E-state index in [9.17, 15) is 0 Å². The molecule has 4 nitrogen and oxygen atoms in total. The van der Waals surface area contributed by atoms with E-state index in [4.69, 9.17) is 0 Å². The van der Waals surface area contributed by atoms with Crippen LogP contribution in [0, 0.1) is 0 Å². The molecule has 0 atom stereocenters. The first-order chi connectivity index (χ1) is 39.7. The summed E-state index contributed by atoms with van der Waals surface area (Å²) in [7, 11) is 0. The van der Waals surface area contributed by atoms with Crippen molar-refractivity contribution in [2.24, 2.45) is 0 Å². The highest BCUT2D eigenvalue weighted by Gasteiger charge is 2.26. The first-order valence-electron chi connectivity index (χ1n) is 27.4. The Morgan fingerprint density at radius 2 is 0.713 bits per heavy atom. The number of hydrogen-bond donors (Lipinski definition) is 0. The highest BCUT2D eigenvalue weighted by atomic mass is 15.2. The lowest BCUT2D eigenvalue weighted by Gasteiger charge is -2.28. The number of rotatable bonds is 11. The summed E-state index contributed by atoms with van der Waals surface area (Å²) >= 11 is 0. The Morgan fingerprint density at radius 3 is 1.36 bits per heavy atom. The largest absolute Gasteiger partial charge is 0.311 e. The van der Waals surface area contributed by atoms with Gasteiger partial charge >= 0.3 is 0 Å². The van der Waals surface area contributed by atoms with Crippen molar-refractivity contribution < 1.29 is 0 Å². The van der Waals surface area contributed by atoms with Crippen molar-refractivity contribution in [3.05, 3.63) is 315 Å². The molecule has 0 amide bonds. The second-order valence-electron chi connectivity index (χ2n) is 20.5. The molecule has 0 N–H and O–H groups in total. The van der Waals surface area contributed by atoms with Gasteiger partial charge in [0.1, 0.15) is 0 Å². The van der Waals surface area contributed by atoms with Crippen molar-refractivity contribution in [3.8, 4) is 44.9 Å². The van der Waals surface area contributed by atoms with Gasteiger partial charge in [-0.3, -0.25) is 0 Å². The monoisotopic (exact) mass is 1020 g/mol. The minimum absolute atomic E-state index is 1.05. The topological polar surface area (TPSA) is 16.3 Å². The number of benzene rings is 13. The lowest BCUT2D eigenvalue weighted by Crippen LogP contribution is -2.12. The Morgan fingerprint density at radius 1 is 0.237 bits per heavy atom. The maximum absolute atomic E-state index is 2.52. The standard InChI is InChI=1S/C76H52N4/c1-6-23-55(24-7-1)74-71-52-69(66-34-18-19-36-68(66)76(71)80(75(74)56-25-8-2-9-26-56)64-43-38-53-22-16-17-27-57(53)50-64)54-39-41-61(42-40-54)78(63-46-44-62(45-47-63)77(58-28-10-3-11-29-58)59-30-12-4-13-31-59)65-48-49-73-70(51-65)67-35-20-21-37-72(67)79(73)60-32-14-5-15-33-60/h1-52H. The van der Waals surface area contributed by atoms with Gasteiger partial charge in [-0.15, -0.1) is 0 Å². The molecule has 0 aliphatic carbocycles. The number of hydrogen-bond acceptors (Lipinski definition) is 2. The van der Waals surface area contributed by atoms with E-state index in [1.807, 2.05) is 0 Å². The zero-order valence-corrected chi connectivity index (χ0v) is 43.8. The molecule has 0 radical (unpaired) electrons. The highest BCUT2D eigenvalue weighted by molar-refractivity contribution is 6.20. The smallest absolute Gasteiger partial charge is 0.0620 e. The van der Waals surface area contributed by atoms with Crippen LogP contribution in [0.15, 0.2) is 315 Å². The number of nitrogens with zero attached hydrogens (tertiary/aromatic N) is 4. The molecule has 4 heteroatoms. The van der Waals surface area contributed by atoms with Gasteiger partial charge < -0.3 is 18.9 Å². The number of aromatic nitrogens is 2. The van der Waals surface area contributed by atoms with E-state index >= 15 is 0 Å². The van der Waals surface area contributed by atoms with Crippen LogP contribution in [0.4, 0.5) is 34.1 Å². The van der Waals surface area contributed by atoms with Crippen LogP contribution >= 0.6 is 0 Å². The first-order valence-corrected chi connectivity index (χ1v) is 27.4. The molecular weight excluding hydrogens is 969 g/mol. The lowest BCUT2D eigenvalue weighted by molar-refractivity contribution is 1.14. The normalized spacial score (nSPS) is 11.5. The second-order valence-corrected chi connectivity index (χ2v) is 20.5. The fourth-order valence-electron chi connectivity index (χ4n) is 12.3. The van der Waals surface area contributed by atoms with E-state index in [0.29, 0.717) is 0 Å². The van der Waals surface area contributed by atoms with Gasteiger partial charge in [-0.05, 0) is 154 Å². The molecular formula is C76H52N4. The van der Waals surface area contributed by atoms with Gasteiger partial charge in [-0.2, -0.15) is 0 Å². The Bertz CT molecular complexity index is 4680. The molecule has 0 spiro atoms. The molecule has 0 aliphatic rings. The zero-order chi connectivity index (χ0) is 52.9. The molecule has 0 bridgehead atoms. The minimum Gasteiger partial charge on any atom is -0.311 e. The van der Waals surface area contributed by atoms with Crippen molar-refractivity contribution in [1.82, 2.24) is 9.13 Å². The molecule has 80 heavy (non-hydrogen) atoms. The summed E-state index contributed by atoms with van der Waals surface area (Å²) in [5.74, 6) is 0. The van der Waals surface area contributed by atoms with Crippen LogP contribution in [0.5, 0.6) is 0 Å². The van der Waals surface area contributed by atoms with E-state index < -0.39 is 0 Å². The van der Waals surface area contributed by atoms with Crippen molar-refractivity contribution in [3.63, 3.8) is 0 Å². The maximum Gasteiger partial charge on any atom is 0.0620 e. The van der Waals surface area contributed by atoms with Gasteiger partial charge in [-0.25, -0.2) is 0 Å². The summed E-state index contributed by atoms with van der Waals surface area (Å²) in [4.78, 5) is 4.72. The van der Waals surface area contributed by atoms with Crippen molar-refractivity contribution in [2.75, 3.05) is 9.80 Å². The van der Waals surface area contributed by atoms with Gasteiger partial charge in [0.05, 0.1) is 22.2 Å². The molecule has 0 fully saturated rings. The minimum atomic E-state index is 1.05.